The van der Waals surface area contributed by atoms with Gasteiger partial charge in [-0.05, 0) is 114 Å². The summed E-state index contributed by atoms with van der Waals surface area (Å²) in [6.07, 6.45) is 0. The van der Waals surface area contributed by atoms with Crippen LogP contribution >= 0.6 is 0 Å². The van der Waals surface area contributed by atoms with Crippen LogP contribution in [0.15, 0.2) is 267 Å². The van der Waals surface area contributed by atoms with E-state index in [4.69, 9.17) is 0 Å². The van der Waals surface area contributed by atoms with Gasteiger partial charge in [-0.1, -0.05) is 224 Å². The topological polar surface area (TPSA) is 8.17 Å². The summed E-state index contributed by atoms with van der Waals surface area (Å²) < 4.78 is 2.43. The van der Waals surface area contributed by atoms with Crippen LogP contribution in [0.5, 0.6) is 0 Å². The van der Waals surface area contributed by atoms with E-state index in [2.05, 4.69) is 276 Å². The molecule has 69 heavy (non-hydrogen) atoms. The molecule has 1 heterocycles. The minimum absolute atomic E-state index is 0.628. The Morgan fingerprint density at radius 2 is 0.855 bits per heavy atom. The molecule has 0 spiro atoms. The van der Waals surface area contributed by atoms with Crippen LogP contribution in [-0.2, 0) is 6.54 Å². The quantitative estimate of drug-likeness (QED) is 0.140. The molecular formula is C67H46N2. The maximum absolute atomic E-state index is 2.58. The molecule has 0 bridgehead atoms. The standard InChI is InChI=1S/C67H46N2/c1-2-20-47(21-3-1)55-40-39-52(69-66-35-16-13-30-60(66)61-31-14-17-36-67(61)69)44-63(55)62-32-12-15-34-64(62)68(45-51-24-7-9-27-54(51)57-33-18-25-48-22-6-8-26-53(48)57)65-42-41-56(58-28-10-11-29-59(58)65)50-38-37-46-19-4-5-23-49(46)43-50/h1-44H,45H2. The summed E-state index contributed by atoms with van der Waals surface area (Å²) in [6.45, 7) is 0.628. The third-order valence-electron chi connectivity index (χ3n) is 14.1. The van der Waals surface area contributed by atoms with Crippen LogP contribution in [0.3, 0.4) is 0 Å². The third kappa shape index (κ3) is 7.05. The molecule has 13 aromatic rings. The molecule has 0 radical (unpaired) electrons. The van der Waals surface area contributed by atoms with Crippen LogP contribution < -0.4 is 4.90 Å². The summed E-state index contributed by atoms with van der Waals surface area (Å²) in [5.74, 6) is 0. The van der Waals surface area contributed by atoms with Crippen molar-refractivity contribution in [2.45, 2.75) is 6.54 Å². The second kappa shape index (κ2) is 17.0. The van der Waals surface area contributed by atoms with Gasteiger partial charge in [0.15, 0.2) is 0 Å². The minimum atomic E-state index is 0.628. The Morgan fingerprint density at radius 1 is 0.275 bits per heavy atom. The molecule has 0 aliphatic carbocycles. The fourth-order valence-corrected chi connectivity index (χ4v) is 10.9. The number of nitrogens with zero attached hydrogens (tertiary/aromatic N) is 2. The highest BCUT2D eigenvalue weighted by molar-refractivity contribution is 6.10. The second-order valence-electron chi connectivity index (χ2n) is 18.0. The zero-order valence-electron chi connectivity index (χ0n) is 38.0. The molecule has 0 amide bonds. The van der Waals surface area contributed by atoms with Crippen LogP contribution in [0.25, 0.3) is 104 Å². The first-order valence-corrected chi connectivity index (χ1v) is 23.9. The van der Waals surface area contributed by atoms with Gasteiger partial charge in [-0.3, -0.25) is 0 Å². The Labute approximate surface area is 402 Å². The van der Waals surface area contributed by atoms with Crippen molar-refractivity contribution in [3.63, 3.8) is 0 Å². The number of hydrogen-bond acceptors (Lipinski definition) is 1. The fraction of sp³-hybridized carbons (Fsp3) is 0.0149. The number of anilines is 2. The molecule has 1 aromatic heterocycles. The van der Waals surface area contributed by atoms with Gasteiger partial charge in [0.1, 0.15) is 0 Å². The fourth-order valence-electron chi connectivity index (χ4n) is 10.9. The zero-order chi connectivity index (χ0) is 45.7. The largest absolute Gasteiger partial charge is 0.336 e. The molecule has 2 nitrogen and oxygen atoms in total. The van der Waals surface area contributed by atoms with Gasteiger partial charge < -0.3 is 9.47 Å². The van der Waals surface area contributed by atoms with E-state index in [1.807, 2.05) is 0 Å². The lowest BCUT2D eigenvalue weighted by Gasteiger charge is -2.31. The number of benzene rings is 12. The van der Waals surface area contributed by atoms with Gasteiger partial charge in [0.25, 0.3) is 0 Å². The van der Waals surface area contributed by atoms with E-state index in [1.165, 1.54) is 98.6 Å². The van der Waals surface area contributed by atoms with Gasteiger partial charge in [-0.25, -0.2) is 0 Å². The Morgan fingerprint density at radius 3 is 1.65 bits per heavy atom. The van der Waals surface area contributed by atoms with Crippen LogP contribution in [0.2, 0.25) is 0 Å². The predicted octanol–water partition coefficient (Wildman–Crippen LogP) is 18.2. The third-order valence-corrected chi connectivity index (χ3v) is 14.1. The number of rotatable bonds is 9. The van der Waals surface area contributed by atoms with Crippen LogP contribution in [-0.4, -0.2) is 4.57 Å². The summed E-state index contributed by atoms with van der Waals surface area (Å²) in [6, 6.07) is 98.1. The van der Waals surface area contributed by atoms with Crippen LogP contribution in [0, 0.1) is 0 Å². The molecule has 0 aliphatic rings. The van der Waals surface area contributed by atoms with Crippen molar-refractivity contribution in [3.8, 4) is 50.2 Å². The highest BCUT2D eigenvalue weighted by Crippen LogP contribution is 2.46. The molecule has 0 unspecified atom stereocenters. The summed E-state index contributed by atoms with van der Waals surface area (Å²) in [7, 11) is 0. The van der Waals surface area contributed by atoms with Crippen molar-refractivity contribution in [3.05, 3.63) is 272 Å². The molecule has 12 aromatic carbocycles. The van der Waals surface area contributed by atoms with Gasteiger partial charge in [0.2, 0.25) is 0 Å². The SMILES string of the molecule is c1ccc(-c2ccc(-n3c4ccccc4c4ccccc43)cc2-c2ccccc2N(Cc2ccccc2-c2cccc3ccccc23)c2ccc(-c3ccc4ccccc4c3)c3ccccc23)cc1. The van der Waals surface area contributed by atoms with E-state index >= 15 is 0 Å². The molecule has 0 fully saturated rings. The number of hydrogen-bond donors (Lipinski definition) is 0. The molecule has 2 heteroatoms. The lowest BCUT2D eigenvalue weighted by atomic mass is 9.91. The minimum Gasteiger partial charge on any atom is -0.336 e. The van der Waals surface area contributed by atoms with E-state index in [-0.39, 0.29) is 0 Å². The maximum atomic E-state index is 2.58. The zero-order valence-corrected chi connectivity index (χ0v) is 38.0. The highest BCUT2D eigenvalue weighted by Gasteiger charge is 2.23. The van der Waals surface area contributed by atoms with Crippen molar-refractivity contribution in [1.29, 1.82) is 0 Å². The number of para-hydroxylation sites is 3. The molecule has 324 valence electrons. The predicted molar refractivity (Wildman–Crippen MR) is 294 cm³/mol. The van der Waals surface area contributed by atoms with Crippen molar-refractivity contribution >= 4 is 65.5 Å². The summed E-state index contributed by atoms with van der Waals surface area (Å²) in [5, 5.41) is 9.87. The van der Waals surface area contributed by atoms with Crippen LogP contribution in [0.1, 0.15) is 5.56 Å². The first-order chi connectivity index (χ1) is 34.2. The number of aromatic nitrogens is 1. The Hall–Kier alpha value is -8.98. The van der Waals surface area contributed by atoms with Crippen molar-refractivity contribution in [2.75, 3.05) is 4.90 Å². The average molecular weight is 879 g/mol. The maximum Gasteiger partial charge on any atom is 0.0541 e. The second-order valence-corrected chi connectivity index (χ2v) is 18.0. The van der Waals surface area contributed by atoms with Crippen molar-refractivity contribution in [2.24, 2.45) is 0 Å². The Balaban J connectivity index is 1.06. The van der Waals surface area contributed by atoms with Gasteiger partial charge in [0, 0.05) is 45.3 Å². The van der Waals surface area contributed by atoms with E-state index < -0.39 is 0 Å². The van der Waals surface area contributed by atoms with Gasteiger partial charge in [-0.2, -0.15) is 0 Å². The van der Waals surface area contributed by atoms with E-state index in [1.54, 1.807) is 0 Å². The van der Waals surface area contributed by atoms with E-state index in [0.29, 0.717) is 6.54 Å². The summed E-state index contributed by atoms with van der Waals surface area (Å²) in [5.41, 5.74) is 16.6. The Bertz CT molecular complexity index is 4010. The molecule has 0 atom stereocenters. The number of fused-ring (bicyclic) bond motifs is 6. The lowest BCUT2D eigenvalue weighted by molar-refractivity contribution is 0.984. The first kappa shape index (κ1) is 40.3. The monoisotopic (exact) mass is 878 g/mol. The highest BCUT2D eigenvalue weighted by atomic mass is 15.1. The molecule has 0 aliphatic heterocycles. The van der Waals surface area contributed by atoms with E-state index in [9.17, 15) is 0 Å². The molecular weight excluding hydrogens is 833 g/mol. The van der Waals surface area contributed by atoms with Crippen LogP contribution in [0.4, 0.5) is 11.4 Å². The molecule has 0 saturated carbocycles. The smallest absolute Gasteiger partial charge is 0.0541 e. The van der Waals surface area contributed by atoms with Gasteiger partial charge in [0.05, 0.1) is 11.0 Å². The first-order valence-electron chi connectivity index (χ1n) is 23.9. The average Bonchev–Trinajstić information content (AvgIpc) is 3.76. The summed E-state index contributed by atoms with van der Waals surface area (Å²) in [4.78, 5) is 2.58. The van der Waals surface area contributed by atoms with Crippen molar-refractivity contribution in [1.82, 2.24) is 4.57 Å². The summed E-state index contributed by atoms with van der Waals surface area (Å²) >= 11 is 0. The van der Waals surface area contributed by atoms with Gasteiger partial charge >= 0.3 is 0 Å². The lowest BCUT2D eigenvalue weighted by Crippen LogP contribution is -2.18. The van der Waals surface area contributed by atoms with E-state index in [0.717, 1.165) is 22.6 Å². The normalized spacial score (nSPS) is 11.5. The molecule has 13 rings (SSSR count). The molecule has 0 saturated heterocycles. The Kier molecular flexibility index (Phi) is 9.95. The van der Waals surface area contributed by atoms with Crippen molar-refractivity contribution < 1.29 is 0 Å². The molecule has 0 N–H and O–H groups in total. The van der Waals surface area contributed by atoms with Gasteiger partial charge in [-0.15, -0.1) is 0 Å².